The van der Waals surface area contributed by atoms with Crippen molar-refractivity contribution in [3.8, 4) is 0 Å². The molecule has 0 saturated carbocycles. The molecule has 8 heavy (non-hydrogen) atoms. The van der Waals surface area contributed by atoms with Crippen LogP contribution in [-0.4, -0.2) is 19.5 Å². The van der Waals surface area contributed by atoms with Crippen molar-refractivity contribution in [2.75, 3.05) is 7.11 Å². The minimum absolute atomic E-state index is 0.229. The summed E-state index contributed by atoms with van der Waals surface area (Å²) in [5, 5.41) is 2.49. The Morgan fingerprint density at radius 3 is 2.12 bits per heavy atom. The molecule has 0 aromatic heterocycles. The van der Waals surface area contributed by atoms with E-state index in [-0.39, 0.29) is 6.21 Å². The van der Waals surface area contributed by atoms with E-state index >= 15 is 0 Å². The highest BCUT2D eigenvalue weighted by atomic mass is 19.4. The van der Waals surface area contributed by atoms with Gasteiger partial charge in [-0.15, -0.1) is 0 Å². The Hall–Kier alpha value is -0.740. The first-order valence-electron chi connectivity index (χ1n) is 1.70. The normalized spacial score (nSPS) is 12.5. The maximum atomic E-state index is 11.0. The molecule has 0 aliphatic heterocycles. The molecule has 48 valence electrons. The Kier molecular flexibility index (Phi) is 2.30. The van der Waals surface area contributed by atoms with Crippen LogP contribution >= 0.6 is 0 Å². The highest BCUT2D eigenvalue weighted by Crippen LogP contribution is 2.09. The predicted octanol–water partition coefficient (Wildman–Crippen LogP) is 1.18. The zero-order valence-electron chi connectivity index (χ0n) is 4.07. The molecule has 0 rings (SSSR count). The van der Waals surface area contributed by atoms with Gasteiger partial charge >= 0.3 is 6.18 Å². The summed E-state index contributed by atoms with van der Waals surface area (Å²) < 4.78 is 33.0. The molecule has 0 aliphatic carbocycles. The van der Waals surface area contributed by atoms with Gasteiger partial charge in [-0.05, 0) is 0 Å². The lowest BCUT2D eigenvalue weighted by Gasteiger charge is -1.93. The lowest BCUT2D eigenvalue weighted by atomic mass is 10.7. The molecule has 0 saturated heterocycles. The minimum Gasteiger partial charge on any atom is -0.399 e. The van der Waals surface area contributed by atoms with Crippen molar-refractivity contribution in [1.82, 2.24) is 0 Å². The third kappa shape index (κ3) is 5.26. The van der Waals surface area contributed by atoms with Gasteiger partial charge in [-0.2, -0.15) is 13.2 Å². The van der Waals surface area contributed by atoms with E-state index in [2.05, 4.69) is 9.99 Å². The minimum atomic E-state index is -4.37. The predicted molar refractivity (Wildman–Crippen MR) is 21.6 cm³/mol. The van der Waals surface area contributed by atoms with Crippen LogP contribution in [0, 0.1) is 0 Å². The summed E-state index contributed by atoms with van der Waals surface area (Å²) in [6.07, 6.45) is -4.59. The lowest BCUT2D eigenvalue weighted by molar-refractivity contribution is -0.0560. The molecular formula is C3H4F3NO. The molecule has 0 radical (unpaired) electrons. The molecule has 0 aromatic rings. The monoisotopic (exact) mass is 127 g/mol. The molecule has 0 aromatic carbocycles. The lowest BCUT2D eigenvalue weighted by Crippen LogP contribution is -2.08. The van der Waals surface area contributed by atoms with E-state index in [1.165, 1.54) is 0 Å². The van der Waals surface area contributed by atoms with Crippen LogP contribution in [0.3, 0.4) is 0 Å². The third-order valence-corrected chi connectivity index (χ3v) is 0.304. The molecule has 0 spiro atoms. The van der Waals surface area contributed by atoms with Gasteiger partial charge in [-0.3, -0.25) is 0 Å². The SMILES string of the molecule is CON=CC(F)(F)F. The van der Waals surface area contributed by atoms with Crippen LogP contribution in [0.25, 0.3) is 0 Å². The molecule has 0 unspecified atom stereocenters. The summed E-state index contributed by atoms with van der Waals surface area (Å²) in [4.78, 5) is 3.77. The summed E-state index contributed by atoms with van der Waals surface area (Å²) >= 11 is 0. The summed E-state index contributed by atoms with van der Waals surface area (Å²) in [6.45, 7) is 0. The van der Waals surface area contributed by atoms with Gasteiger partial charge in [0, 0.05) is 0 Å². The molecule has 0 N–H and O–H groups in total. The Balaban J connectivity index is 3.52. The molecule has 0 fully saturated rings. The number of alkyl halides is 3. The van der Waals surface area contributed by atoms with Crippen molar-refractivity contribution in [3.05, 3.63) is 0 Å². The van der Waals surface area contributed by atoms with Gasteiger partial charge in [0.2, 0.25) is 0 Å². The van der Waals surface area contributed by atoms with Gasteiger partial charge in [0.25, 0.3) is 0 Å². The van der Waals surface area contributed by atoms with Crippen LogP contribution in [0.2, 0.25) is 0 Å². The van der Waals surface area contributed by atoms with E-state index in [9.17, 15) is 13.2 Å². The molecule has 0 amide bonds. The van der Waals surface area contributed by atoms with E-state index in [0.717, 1.165) is 7.11 Å². The first-order chi connectivity index (χ1) is 3.56. The molecule has 0 heterocycles. The van der Waals surface area contributed by atoms with Crippen molar-refractivity contribution in [2.45, 2.75) is 6.18 Å². The highest BCUT2D eigenvalue weighted by molar-refractivity contribution is 5.63. The fourth-order valence-corrected chi connectivity index (χ4v) is 0.112. The largest absolute Gasteiger partial charge is 0.429 e. The number of nitrogens with zero attached hydrogens (tertiary/aromatic N) is 1. The fourth-order valence-electron chi connectivity index (χ4n) is 0.112. The molecular weight excluding hydrogens is 123 g/mol. The van der Waals surface area contributed by atoms with Gasteiger partial charge < -0.3 is 4.84 Å². The maximum Gasteiger partial charge on any atom is 0.429 e. The topological polar surface area (TPSA) is 21.6 Å². The second kappa shape index (κ2) is 2.54. The smallest absolute Gasteiger partial charge is 0.399 e. The molecule has 0 atom stereocenters. The Morgan fingerprint density at radius 1 is 1.50 bits per heavy atom. The van der Waals surface area contributed by atoms with Crippen molar-refractivity contribution in [2.24, 2.45) is 5.16 Å². The van der Waals surface area contributed by atoms with Gasteiger partial charge in [0.1, 0.15) is 13.3 Å². The van der Waals surface area contributed by atoms with Crippen molar-refractivity contribution in [1.29, 1.82) is 0 Å². The number of halogens is 3. The van der Waals surface area contributed by atoms with Gasteiger partial charge in [-0.25, -0.2) is 0 Å². The average molecular weight is 127 g/mol. The first-order valence-corrected chi connectivity index (χ1v) is 1.70. The third-order valence-electron chi connectivity index (χ3n) is 0.304. The van der Waals surface area contributed by atoms with E-state index in [0.29, 0.717) is 0 Å². The van der Waals surface area contributed by atoms with E-state index in [1.54, 1.807) is 0 Å². The van der Waals surface area contributed by atoms with Crippen molar-refractivity contribution >= 4 is 6.21 Å². The van der Waals surface area contributed by atoms with Crippen LogP contribution < -0.4 is 0 Å². The molecule has 0 bridgehead atoms. The van der Waals surface area contributed by atoms with Crippen LogP contribution in [0.4, 0.5) is 13.2 Å². The van der Waals surface area contributed by atoms with E-state index in [4.69, 9.17) is 0 Å². The number of hydrogen-bond donors (Lipinski definition) is 0. The number of rotatable bonds is 1. The summed E-state index contributed by atoms with van der Waals surface area (Å²) in [6, 6.07) is 0. The van der Waals surface area contributed by atoms with Crippen molar-refractivity contribution < 1.29 is 18.0 Å². The average Bonchev–Trinajstić information content (AvgIpc) is 1.59. The Labute approximate surface area is 43.9 Å². The van der Waals surface area contributed by atoms with Crippen molar-refractivity contribution in [3.63, 3.8) is 0 Å². The standard InChI is InChI=1S/C3H4F3NO/c1-8-7-2-3(4,5)6/h2H,1H3. The first kappa shape index (κ1) is 7.26. The van der Waals surface area contributed by atoms with Crippen LogP contribution in [0.5, 0.6) is 0 Å². The maximum absolute atomic E-state index is 11.0. The van der Waals surface area contributed by atoms with Gasteiger partial charge in [0.05, 0.1) is 0 Å². The summed E-state index contributed by atoms with van der Waals surface area (Å²) in [7, 11) is 1.04. The molecule has 5 heteroatoms. The Bertz CT molecular complexity index is 87.0. The van der Waals surface area contributed by atoms with Crippen LogP contribution in [0.15, 0.2) is 5.16 Å². The van der Waals surface area contributed by atoms with Gasteiger partial charge in [0.15, 0.2) is 0 Å². The van der Waals surface area contributed by atoms with Crippen LogP contribution in [0.1, 0.15) is 0 Å². The second-order valence-electron chi connectivity index (χ2n) is 0.959. The zero-order valence-corrected chi connectivity index (χ0v) is 4.07. The fraction of sp³-hybridized carbons (Fsp3) is 0.667. The quantitative estimate of drug-likeness (QED) is 0.383. The second-order valence-corrected chi connectivity index (χ2v) is 0.959. The van der Waals surface area contributed by atoms with E-state index in [1.807, 2.05) is 0 Å². The zero-order chi connectivity index (χ0) is 6.62. The van der Waals surface area contributed by atoms with Crippen LogP contribution in [-0.2, 0) is 4.84 Å². The highest BCUT2D eigenvalue weighted by Gasteiger charge is 2.23. The molecule has 2 nitrogen and oxygen atoms in total. The Morgan fingerprint density at radius 2 is 2.00 bits per heavy atom. The number of oxime groups is 1. The summed E-state index contributed by atoms with van der Waals surface area (Å²) in [5.41, 5.74) is 0. The summed E-state index contributed by atoms with van der Waals surface area (Å²) in [5.74, 6) is 0. The van der Waals surface area contributed by atoms with E-state index < -0.39 is 6.18 Å². The number of hydrogen-bond acceptors (Lipinski definition) is 2. The molecule has 0 aliphatic rings. The van der Waals surface area contributed by atoms with Gasteiger partial charge in [-0.1, -0.05) is 5.16 Å².